The van der Waals surface area contributed by atoms with Crippen molar-refractivity contribution in [3.63, 3.8) is 0 Å². The minimum Gasteiger partial charge on any atom is -0.369 e. The van der Waals surface area contributed by atoms with Gasteiger partial charge in [-0.1, -0.05) is 54.1 Å². The molecule has 2 heterocycles. The van der Waals surface area contributed by atoms with Crippen molar-refractivity contribution in [2.24, 2.45) is 0 Å². The summed E-state index contributed by atoms with van der Waals surface area (Å²) >= 11 is 6.34. The van der Waals surface area contributed by atoms with Crippen LogP contribution in [0.15, 0.2) is 60.7 Å². The Hall–Kier alpha value is -2.60. The summed E-state index contributed by atoms with van der Waals surface area (Å²) in [5, 5.41) is 13.6. The summed E-state index contributed by atoms with van der Waals surface area (Å²) in [5.74, 6) is -0.0958. The van der Waals surface area contributed by atoms with Crippen molar-refractivity contribution in [2.45, 2.75) is 6.23 Å². The Morgan fingerprint density at radius 1 is 0.900 bits per heavy atom. The van der Waals surface area contributed by atoms with E-state index in [1.54, 1.807) is 4.90 Å². The summed E-state index contributed by atoms with van der Waals surface area (Å²) in [5.41, 5.74) is 2.56. The van der Waals surface area contributed by atoms with Gasteiger partial charge in [0.1, 0.15) is 0 Å². The van der Waals surface area contributed by atoms with Crippen LogP contribution in [0, 0.1) is 0 Å². The number of aliphatic hydroxyl groups is 1. The number of hydrogen-bond donors (Lipinski definition) is 1. The van der Waals surface area contributed by atoms with Gasteiger partial charge in [0.05, 0.1) is 10.7 Å². The van der Waals surface area contributed by atoms with E-state index in [2.05, 4.69) is 15.9 Å². The maximum Gasteiger partial charge on any atom is 0.256 e. The molecule has 0 spiro atoms. The molecule has 1 N–H and O–H groups in total. The molecule has 1 amide bonds. The van der Waals surface area contributed by atoms with Crippen LogP contribution in [0.25, 0.3) is 10.8 Å². The van der Waals surface area contributed by atoms with Crippen LogP contribution in [0.4, 0.5) is 5.69 Å². The zero-order chi connectivity index (χ0) is 20.7. The van der Waals surface area contributed by atoms with Crippen LogP contribution in [-0.2, 0) is 0 Å². The molecule has 1 atom stereocenters. The number of para-hydroxylation sites is 1. The Labute approximate surface area is 181 Å². The first-order chi connectivity index (χ1) is 14.6. The van der Waals surface area contributed by atoms with Gasteiger partial charge in [-0.05, 0) is 23.6 Å². The molecule has 0 bridgehead atoms. The summed E-state index contributed by atoms with van der Waals surface area (Å²) < 4.78 is 0. The first kappa shape index (κ1) is 19.4. The van der Waals surface area contributed by atoms with Gasteiger partial charge in [-0.25, -0.2) is 0 Å². The van der Waals surface area contributed by atoms with Crippen molar-refractivity contribution in [1.82, 2.24) is 9.80 Å². The van der Waals surface area contributed by atoms with Gasteiger partial charge >= 0.3 is 0 Å². The number of anilines is 1. The summed E-state index contributed by atoms with van der Waals surface area (Å²) in [7, 11) is 0. The van der Waals surface area contributed by atoms with E-state index in [0.717, 1.165) is 59.8 Å². The number of halogens is 1. The molecule has 5 rings (SSSR count). The van der Waals surface area contributed by atoms with Gasteiger partial charge in [-0.15, -0.1) is 0 Å². The van der Waals surface area contributed by atoms with Gasteiger partial charge in [0.25, 0.3) is 5.91 Å². The van der Waals surface area contributed by atoms with E-state index in [9.17, 15) is 9.90 Å². The SMILES string of the molecule is O=C1c2cccc3cccc(c23)C(O)N1CCN1CCN(c2ccccc2Cl)CC1. The number of carbonyl (C=O) groups is 1. The number of carbonyl (C=O) groups excluding carboxylic acids is 1. The molecule has 0 aliphatic carbocycles. The molecule has 1 unspecified atom stereocenters. The summed E-state index contributed by atoms with van der Waals surface area (Å²) in [4.78, 5) is 19.3. The van der Waals surface area contributed by atoms with Crippen molar-refractivity contribution in [1.29, 1.82) is 0 Å². The molecule has 5 nitrogen and oxygen atoms in total. The Morgan fingerprint density at radius 2 is 1.63 bits per heavy atom. The fraction of sp³-hybridized carbons (Fsp3) is 0.292. The van der Waals surface area contributed by atoms with Gasteiger partial charge in [-0.3, -0.25) is 9.69 Å². The molecule has 1 fully saturated rings. The van der Waals surface area contributed by atoms with Crippen molar-refractivity contribution in [2.75, 3.05) is 44.2 Å². The molecule has 30 heavy (non-hydrogen) atoms. The number of amides is 1. The van der Waals surface area contributed by atoms with Crippen LogP contribution < -0.4 is 4.90 Å². The third-order valence-corrected chi connectivity index (χ3v) is 6.54. The Kier molecular flexibility index (Phi) is 5.11. The highest BCUT2D eigenvalue weighted by Gasteiger charge is 2.33. The van der Waals surface area contributed by atoms with Crippen LogP contribution >= 0.6 is 11.6 Å². The summed E-state index contributed by atoms with van der Waals surface area (Å²) in [6.45, 7) is 4.81. The smallest absolute Gasteiger partial charge is 0.256 e. The first-order valence-electron chi connectivity index (χ1n) is 10.4. The van der Waals surface area contributed by atoms with Crippen LogP contribution in [0.5, 0.6) is 0 Å². The molecule has 3 aromatic carbocycles. The maximum atomic E-state index is 13.1. The molecular weight excluding hydrogens is 398 g/mol. The highest BCUT2D eigenvalue weighted by Crippen LogP contribution is 2.35. The van der Waals surface area contributed by atoms with Gasteiger partial charge in [0.15, 0.2) is 6.23 Å². The van der Waals surface area contributed by atoms with Crippen LogP contribution in [0.1, 0.15) is 22.1 Å². The minimum absolute atomic E-state index is 0.0958. The average molecular weight is 422 g/mol. The lowest BCUT2D eigenvalue weighted by Gasteiger charge is -2.39. The summed E-state index contributed by atoms with van der Waals surface area (Å²) in [6.07, 6.45) is -0.902. The standard InChI is InChI=1S/C24H24ClN3O2/c25-20-9-1-2-10-21(20)27-14-11-26(12-15-27)13-16-28-23(29)18-7-3-5-17-6-4-8-19(22(17)18)24(28)30/h1-10,23,29H,11-16H2. The van der Waals surface area contributed by atoms with E-state index in [-0.39, 0.29) is 5.91 Å². The van der Waals surface area contributed by atoms with Crippen molar-refractivity contribution in [3.05, 3.63) is 76.8 Å². The van der Waals surface area contributed by atoms with E-state index in [1.165, 1.54) is 0 Å². The first-order valence-corrected chi connectivity index (χ1v) is 10.7. The van der Waals surface area contributed by atoms with Gasteiger partial charge in [0.2, 0.25) is 0 Å². The van der Waals surface area contributed by atoms with Crippen LogP contribution in [-0.4, -0.2) is 60.1 Å². The molecule has 6 heteroatoms. The molecular formula is C24H24ClN3O2. The van der Waals surface area contributed by atoms with Crippen molar-refractivity contribution >= 4 is 34.0 Å². The zero-order valence-electron chi connectivity index (χ0n) is 16.7. The molecule has 0 saturated carbocycles. The minimum atomic E-state index is -0.902. The highest BCUT2D eigenvalue weighted by molar-refractivity contribution is 6.33. The molecule has 0 radical (unpaired) electrons. The predicted octanol–water partition coefficient (Wildman–Crippen LogP) is 3.76. The van der Waals surface area contributed by atoms with E-state index >= 15 is 0 Å². The second kappa shape index (κ2) is 7.91. The lowest BCUT2D eigenvalue weighted by molar-refractivity contribution is 0.000972. The van der Waals surface area contributed by atoms with E-state index < -0.39 is 6.23 Å². The van der Waals surface area contributed by atoms with Crippen LogP contribution in [0.2, 0.25) is 5.02 Å². The Bertz CT molecular complexity index is 1090. The third-order valence-electron chi connectivity index (χ3n) is 6.22. The van der Waals surface area contributed by atoms with E-state index in [4.69, 9.17) is 11.6 Å². The number of piperazine rings is 1. The van der Waals surface area contributed by atoms with E-state index in [0.29, 0.717) is 12.1 Å². The number of rotatable bonds is 4. The number of aliphatic hydroxyl groups excluding tert-OH is 1. The summed E-state index contributed by atoms with van der Waals surface area (Å²) in [6, 6.07) is 19.5. The molecule has 2 aliphatic heterocycles. The monoisotopic (exact) mass is 421 g/mol. The highest BCUT2D eigenvalue weighted by atomic mass is 35.5. The molecule has 154 valence electrons. The second-order valence-corrected chi connectivity index (χ2v) is 8.31. The molecule has 0 aromatic heterocycles. The van der Waals surface area contributed by atoms with Gasteiger partial charge in [-0.2, -0.15) is 0 Å². The lowest BCUT2D eigenvalue weighted by Crippen LogP contribution is -2.50. The topological polar surface area (TPSA) is 47.0 Å². The molecule has 1 saturated heterocycles. The van der Waals surface area contributed by atoms with E-state index in [1.807, 2.05) is 54.6 Å². The number of benzene rings is 3. The largest absolute Gasteiger partial charge is 0.369 e. The number of nitrogens with zero attached hydrogens (tertiary/aromatic N) is 3. The fourth-order valence-electron chi connectivity index (χ4n) is 4.59. The lowest BCUT2D eigenvalue weighted by atomic mass is 9.93. The Morgan fingerprint density at radius 3 is 2.40 bits per heavy atom. The zero-order valence-corrected chi connectivity index (χ0v) is 17.4. The predicted molar refractivity (Wildman–Crippen MR) is 120 cm³/mol. The normalized spacial score (nSPS) is 19.5. The quantitative estimate of drug-likeness (QED) is 0.696. The average Bonchev–Trinajstić information content (AvgIpc) is 2.78. The van der Waals surface area contributed by atoms with Gasteiger partial charge in [0, 0.05) is 55.8 Å². The van der Waals surface area contributed by atoms with Gasteiger partial charge < -0.3 is 14.9 Å². The third kappa shape index (κ3) is 3.33. The number of hydrogen-bond acceptors (Lipinski definition) is 4. The molecule has 2 aliphatic rings. The second-order valence-electron chi connectivity index (χ2n) is 7.90. The fourth-order valence-corrected chi connectivity index (χ4v) is 4.85. The van der Waals surface area contributed by atoms with Crippen molar-refractivity contribution < 1.29 is 9.90 Å². The maximum absolute atomic E-state index is 13.1. The molecule has 3 aromatic rings. The van der Waals surface area contributed by atoms with Crippen LogP contribution in [0.3, 0.4) is 0 Å². The van der Waals surface area contributed by atoms with Crippen molar-refractivity contribution in [3.8, 4) is 0 Å². The Balaban J connectivity index is 1.26.